The molecule has 10 heteroatoms. The molecule has 238 valence electrons. The molecule has 0 aliphatic carbocycles. The highest BCUT2D eigenvalue weighted by Gasteiger charge is 2.36. The van der Waals surface area contributed by atoms with E-state index in [-0.39, 0.29) is 11.7 Å². The van der Waals surface area contributed by atoms with E-state index in [9.17, 15) is 19.5 Å². The van der Waals surface area contributed by atoms with Crippen molar-refractivity contribution in [3.63, 3.8) is 0 Å². The lowest BCUT2D eigenvalue weighted by Gasteiger charge is -2.35. The minimum atomic E-state index is -1.04. The van der Waals surface area contributed by atoms with Crippen molar-refractivity contribution in [1.82, 2.24) is 10.2 Å². The van der Waals surface area contributed by atoms with E-state index >= 15 is 0 Å². The van der Waals surface area contributed by atoms with Gasteiger partial charge < -0.3 is 25.4 Å². The van der Waals surface area contributed by atoms with Crippen molar-refractivity contribution < 1.29 is 24.2 Å². The summed E-state index contributed by atoms with van der Waals surface area (Å²) in [6, 6.07) is 9.66. The lowest BCUT2D eigenvalue weighted by molar-refractivity contribution is -0.141. The van der Waals surface area contributed by atoms with Crippen molar-refractivity contribution in [1.29, 1.82) is 0 Å². The van der Waals surface area contributed by atoms with Gasteiger partial charge in [-0.15, -0.1) is 0 Å². The van der Waals surface area contributed by atoms with Crippen LogP contribution in [0.3, 0.4) is 0 Å². The van der Waals surface area contributed by atoms with Crippen molar-refractivity contribution in [2.24, 2.45) is 0 Å². The Kier molecular flexibility index (Phi) is 15.2. The fraction of sp³-hybridized carbons (Fsp3) is 0.545. The Morgan fingerprint density at radius 3 is 2.28 bits per heavy atom. The number of alkyl carbamates (subject to hydrolysis) is 1. The number of aryl methyl sites for hydroxylation is 1. The molecule has 0 fully saturated rings. The van der Waals surface area contributed by atoms with Gasteiger partial charge in [-0.25, -0.2) is 4.79 Å². The molecule has 0 saturated carbocycles. The Morgan fingerprint density at radius 2 is 1.67 bits per heavy atom. The summed E-state index contributed by atoms with van der Waals surface area (Å²) < 4.78 is 5.48. The van der Waals surface area contributed by atoms with Gasteiger partial charge in [0, 0.05) is 6.54 Å². The van der Waals surface area contributed by atoms with Crippen molar-refractivity contribution in [3.8, 4) is 5.75 Å². The van der Waals surface area contributed by atoms with Gasteiger partial charge in [-0.3, -0.25) is 9.59 Å². The molecule has 2 unspecified atom stereocenters. The molecule has 43 heavy (non-hydrogen) atoms. The van der Waals surface area contributed by atoms with Crippen LogP contribution in [-0.2, 0) is 14.3 Å². The number of thioether (sulfide) groups is 1. The first-order valence-corrected chi connectivity index (χ1v) is 16.8. The second kappa shape index (κ2) is 18.0. The number of carbonyl (C=O) groups excluding carboxylic acids is 3. The van der Waals surface area contributed by atoms with Crippen molar-refractivity contribution in [2.45, 2.75) is 97.2 Å². The van der Waals surface area contributed by atoms with Gasteiger partial charge >= 0.3 is 6.09 Å². The van der Waals surface area contributed by atoms with Crippen LogP contribution >= 0.6 is 23.4 Å². The molecule has 2 atom stereocenters. The van der Waals surface area contributed by atoms with E-state index in [1.807, 2.05) is 19.2 Å². The summed E-state index contributed by atoms with van der Waals surface area (Å²) in [5.74, 6) is -0.158. The quantitative estimate of drug-likeness (QED) is 0.162. The van der Waals surface area contributed by atoms with Gasteiger partial charge in [0.05, 0.1) is 10.7 Å². The summed E-state index contributed by atoms with van der Waals surface area (Å²) >= 11 is 8.02. The number of nitrogens with zero attached hydrogens (tertiary/aromatic N) is 1. The first-order valence-electron chi connectivity index (χ1n) is 15.0. The van der Waals surface area contributed by atoms with E-state index in [2.05, 4.69) is 17.6 Å². The first-order chi connectivity index (χ1) is 20.4. The zero-order chi connectivity index (χ0) is 32.0. The molecule has 0 spiro atoms. The van der Waals surface area contributed by atoms with Crippen LogP contribution in [0.5, 0.6) is 5.75 Å². The number of phenols is 1. The van der Waals surface area contributed by atoms with E-state index in [1.165, 1.54) is 12.1 Å². The minimum Gasteiger partial charge on any atom is -0.508 e. The molecule has 0 saturated heterocycles. The number of ether oxygens (including phenoxy) is 1. The molecule has 0 aliphatic rings. The number of unbranched alkanes of at least 4 members (excludes halogenated alkanes) is 5. The van der Waals surface area contributed by atoms with E-state index in [0.29, 0.717) is 41.4 Å². The fourth-order valence-corrected chi connectivity index (χ4v) is 5.42. The smallest absolute Gasteiger partial charge is 0.408 e. The molecule has 3 N–H and O–H groups in total. The number of aromatic hydroxyl groups is 1. The SMILES string of the molecule is CCCCCCCCN(C(=O)C(CCSC)NC(=O)OC(C)(C)C)C(C(=O)Nc1c(C)cccc1Cl)c1ccc(O)cc1. The van der Waals surface area contributed by atoms with Crippen LogP contribution in [0, 0.1) is 6.92 Å². The summed E-state index contributed by atoms with van der Waals surface area (Å²) in [4.78, 5) is 42.9. The number of amides is 3. The van der Waals surface area contributed by atoms with Crippen LogP contribution in [0.2, 0.25) is 5.02 Å². The van der Waals surface area contributed by atoms with Crippen LogP contribution in [-0.4, -0.2) is 58.1 Å². The third-order valence-corrected chi connectivity index (χ3v) is 7.83. The predicted molar refractivity (Wildman–Crippen MR) is 177 cm³/mol. The molecular weight excluding hydrogens is 586 g/mol. The number of phenolic OH excluding ortho intramolecular Hbond substituents is 1. The summed E-state index contributed by atoms with van der Waals surface area (Å²) in [6.07, 6.45) is 7.59. The number of rotatable bonds is 16. The maximum Gasteiger partial charge on any atom is 0.408 e. The molecule has 0 bridgehead atoms. The predicted octanol–water partition coefficient (Wildman–Crippen LogP) is 7.87. The highest BCUT2D eigenvalue weighted by atomic mass is 35.5. The van der Waals surface area contributed by atoms with Crippen LogP contribution in [0.4, 0.5) is 10.5 Å². The largest absolute Gasteiger partial charge is 0.508 e. The Labute approximate surface area is 266 Å². The highest BCUT2D eigenvalue weighted by molar-refractivity contribution is 7.98. The molecule has 0 radical (unpaired) electrons. The number of carbonyl (C=O) groups is 3. The molecule has 0 heterocycles. The van der Waals surface area contributed by atoms with Gasteiger partial charge in [-0.1, -0.05) is 74.9 Å². The lowest BCUT2D eigenvalue weighted by Crippen LogP contribution is -2.52. The second-order valence-electron chi connectivity index (χ2n) is 11.7. The molecule has 2 aromatic carbocycles. The number of hydrogen-bond donors (Lipinski definition) is 3. The van der Waals surface area contributed by atoms with Gasteiger partial charge in [0.2, 0.25) is 5.91 Å². The third-order valence-electron chi connectivity index (χ3n) is 6.87. The minimum absolute atomic E-state index is 0.0445. The van der Waals surface area contributed by atoms with Gasteiger partial charge in [0.1, 0.15) is 23.4 Å². The number of para-hydroxylation sites is 1. The van der Waals surface area contributed by atoms with Crippen molar-refractivity contribution >= 4 is 47.0 Å². The summed E-state index contributed by atoms with van der Waals surface area (Å²) in [5.41, 5.74) is 1.04. The topological polar surface area (TPSA) is 108 Å². The normalized spacial score (nSPS) is 12.7. The maximum atomic E-state index is 14.4. The average molecular weight is 634 g/mol. The summed E-state index contributed by atoms with van der Waals surface area (Å²) in [5, 5.41) is 16.1. The van der Waals surface area contributed by atoms with Crippen molar-refractivity contribution in [2.75, 3.05) is 23.9 Å². The zero-order valence-corrected chi connectivity index (χ0v) is 27.9. The molecule has 3 amide bonds. The molecule has 2 aromatic rings. The summed E-state index contributed by atoms with van der Waals surface area (Å²) in [6.45, 7) is 9.60. The Balaban J connectivity index is 2.53. The number of benzene rings is 2. The number of hydrogen-bond acceptors (Lipinski definition) is 6. The Hall–Kier alpha value is -2.91. The van der Waals surface area contributed by atoms with E-state index in [0.717, 1.165) is 37.7 Å². The Morgan fingerprint density at radius 1 is 1.02 bits per heavy atom. The summed E-state index contributed by atoms with van der Waals surface area (Å²) in [7, 11) is 0. The van der Waals surface area contributed by atoms with Crippen LogP contribution in [0.25, 0.3) is 0 Å². The standard InChI is InChI=1S/C33H48ClN3O5S/c1-7-8-9-10-11-12-21-37(31(40)27(20-22-43-6)35-32(41)42-33(3,4)5)29(24-16-18-25(38)19-17-24)30(39)36-28-23(2)14-13-15-26(28)34/h13-19,27,29,38H,7-12,20-22H2,1-6H3,(H,35,41)(H,36,39). The maximum absolute atomic E-state index is 14.4. The number of nitrogens with one attached hydrogen (secondary N) is 2. The van der Waals surface area contributed by atoms with Gasteiger partial charge in [0.25, 0.3) is 5.91 Å². The molecule has 0 aromatic heterocycles. The Bertz CT molecular complexity index is 1170. The zero-order valence-electron chi connectivity index (χ0n) is 26.4. The van der Waals surface area contributed by atoms with Gasteiger partial charge in [-0.2, -0.15) is 11.8 Å². The second-order valence-corrected chi connectivity index (χ2v) is 13.1. The average Bonchev–Trinajstić information content (AvgIpc) is 2.93. The molecule has 8 nitrogen and oxygen atoms in total. The number of halogens is 1. The lowest BCUT2D eigenvalue weighted by atomic mass is 10.0. The third kappa shape index (κ3) is 12.3. The van der Waals surface area contributed by atoms with Gasteiger partial charge in [0.15, 0.2) is 0 Å². The van der Waals surface area contributed by atoms with Gasteiger partial charge in [-0.05, 0) is 81.9 Å². The van der Waals surface area contributed by atoms with E-state index in [4.69, 9.17) is 16.3 Å². The molecule has 0 aliphatic heterocycles. The van der Waals surface area contributed by atoms with Crippen LogP contribution in [0.1, 0.15) is 89.8 Å². The van der Waals surface area contributed by atoms with Crippen molar-refractivity contribution in [3.05, 3.63) is 58.6 Å². The highest BCUT2D eigenvalue weighted by Crippen LogP contribution is 2.30. The first kappa shape index (κ1) is 36.3. The number of anilines is 1. The molecule has 2 rings (SSSR count). The van der Waals surface area contributed by atoms with Crippen LogP contribution in [0.15, 0.2) is 42.5 Å². The van der Waals surface area contributed by atoms with Crippen LogP contribution < -0.4 is 10.6 Å². The van der Waals surface area contributed by atoms with E-state index < -0.39 is 29.7 Å². The fourth-order valence-electron chi connectivity index (χ4n) is 4.68. The molecular formula is C33H48ClN3O5S. The monoisotopic (exact) mass is 633 g/mol. The van der Waals surface area contributed by atoms with E-state index in [1.54, 1.807) is 61.7 Å².